The fourth-order valence-electron chi connectivity index (χ4n) is 0.612. The first-order valence-electron chi connectivity index (χ1n) is 2.84. The van der Waals surface area contributed by atoms with Gasteiger partial charge in [-0.25, -0.2) is 0 Å². The van der Waals surface area contributed by atoms with E-state index in [0.717, 1.165) is 13.0 Å². The minimum absolute atomic E-state index is 1.00. The van der Waals surface area contributed by atoms with Gasteiger partial charge in [0.25, 0.3) is 0 Å². The lowest BCUT2D eigenvalue weighted by molar-refractivity contribution is 0.346. The third-order valence-electron chi connectivity index (χ3n) is 1.39. The second kappa shape index (κ2) is 4.13. The van der Waals surface area contributed by atoms with Crippen LogP contribution in [0, 0.1) is 5.92 Å². The third kappa shape index (κ3) is 2.63. The number of hydrogen-bond donors (Lipinski definition) is 1. The van der Waals surface area contributed by atoms with E-state index >= 15 is 0 Å². The maximum atomic E-state index is 7.00. The highest BCUT2D eigenvalue weighted by Crippen LogP contribution is 2.24. The van der Waals surface area contributed by atoms with Crippen LogP contribution in [-0.4, -0.2) is 12.2 Å². The molecule has 1 rings (SSSR count). The highest BCUT2D eigenvalue weighted by atomic mass is 16.2. The molecule has 1 saturated carbocycles. The van der Waals surface area contributed by atoms with Gasteiger partial charge in [-0.15, -0.1) is 0 Å². The van der Waals surface area contributed by atoms with E-state index in [1.807, 2.05) is 0 Å². The molecule has 1 nitrogen and oxygen atoms in total. The van der Waals surface area contributed by atoms with Crippen molar-refractivity contribution >= 4 is 0 Å². The van der Waals surface area contributed by atoms with E-state index in [1.165, 1.54) is 19.3 Å². The van der Waals surface area contributed by atoms with E-state index in [2.05, 4.69) is 6.92 Å². The Morgan fingerprint density at radius 2 is 1.57 bits per heavy atom. The lowest BCUT2D eigenvalue weighted by Gasteiger charge is -2.18. The summed E-state index contributed by atoms with van der Waals surface area (Å²) < 4.78 is 0. The van der Waals surface area contributed by atoms with Crippen LogP contribution in [0.5, 0.6) is 0 Å². The summed E-state index contributed by atoms with van der Waals surface area (Å²) in [5.41, 5.74) is 0. The smallest absolute Gasteiger partial charge is 0.0319 e. The molecule has 0 aliphatic heterocycles. The number of aliphatic hydroxyl groups is 1. The average molecular weight is 102 g/mol. The molecule has 0 aromatic heterocycles. The first-order valence-corrected chi connectivity index (χ1v) is 2.84. The standard InChI is InChI=1S/C5H10.CH4O/c1-5-3-2-4-5;1-2/h5H,2-4H2,1H3;2H,1H3. The number of hydrogen-bond acceptors (Lipinski definition) is 1. The lowest BCUT2D eigenvalue weighted by Crippen LogP contribution is -2.04. The summed E-state index contributed by atoms with van der Waals surface area (Å²) in [5, 5.41) is 7.00. The van der Waals surface area contributed by atoms with Gasteiger partial charge in [-0.3, -0.25) is 0 Å². The van der Waals surface area contributed by atoms with Gasteiger partial charge in [0.1, 0.15) is 0 Å². The van der Waals surface area contributed by atoms with Crippen molar-refractivity contribution in [3.63, 3.8) is 0 Å². The summed E-state index contributed by atoms with van der Waals surface area (Å²) in [6, 6.07) is 0. The molecular formula is C6H14O. The molecule has 1 aliphatic carbocycles. The molecule has 0 spiro atoms. The summed E-state index contributed by atoms with van der Waals surface area (Å²) in [6.45, 7) is 2.31. The SMILES string of the molecule is CC1CCC1.CO. The van der Waals surface area contributed by atoms with Gasteiger partial charge in [-0.05, 0) is 5.92 Å². The van der Waals surface area contributed by atoms with Gasteiger partial charge in [0.2, 0.25) is 0 Å². The van der Waals surface area contributed by atoms with E-state index in [-0.39, 0.29) is 0 Å². The summed E-state index contributed by atoms with van der Waals surface area (Å²) in [6.07, 6.45) is 4.46. The molecule has 0 amide bonds. The maximum Gasteiger partial charge on any atom is 0.0319 e. The van der Waals surface area contributed by atoms with Crippen LogP contribution in [0.25, 0.3) is 0 Å². The van der Waals surface area contributed by atoms with Crippen molar-refractivity contribution in [1.82, 2.24) is 0 Å². The molecule has 0 heterocycles. The fraction of sp³-hybridized carbons (Fsp3) is 1.00. The van der Waals surface area contributed by atoms with Crippen LogP contribution in [0.3, 0.4) is 0 Å². The topological polar surface area (TPSA) is 20.2 Å². The Morgan fingerprint density at radius 1 is 1.29 bits per heavy atom. The van der Waals surface area contributed by atoms with Crippen LogP contribution in [0.15, 0.2) is 0 Å². The van der Waals surface area contributed by atoms with Gasteiger partial charge in [-0.2, -0.15) is 0 Å². The minimum Gasteiger partial charge on any atom is -0.400 e. The highest BCUT2D eigenvalue weighted by Gasteiger charge is 2.09. The molecule has 44 valence electrons. The van der Waals surface area contributed by atoms with Crippen molar-refractivity contribution in [1.29, 1.82) is 0 Å². The first-order chi connectivity index (χ1) is 3.39. The monoisotopic (exact) mass is 102 g/mol. The Morgan fingerprint density at radius 3 is 1.57 bits per heavy atom. The Hall–Kier alpha value is -0.0400. The van der Waals surface area contributed by atoms with E-state index in [9.17, 15) is 0 Å². The van der Waals surface area contributed by atoms with E-state index in [0.29, 0.717) is 0 Å². The molecule has 7 heavy (non-hydrogen) atoms. The van der Waals surface area contributed by atoms with E-state index < -0.39 is 0 Å². The quantitative estimate of drug-likeness (QED) is 0.490. The molecule has 1 aliphatic rings. The van der Waals surface area contributed by atoms with Gasteiger partial charge >= 0.3 is 0 Å². The fourth-order valence-corrected chi connectivity index (χ4v) is 0.612. The molecule has 0 unspecified atom stereocenters. The van der Waals surface area contributed by atoms with Crippen LogP contribution in [0.2, 0.25) is 0 Å². The Kier molecular flexibility index (Phi) is 4.10. The summed E-state index contributed by atoms with van der Waals surface area (Å²) in [5.74, 6) is 1.06. The van der Waals surface area contributed by atoms with Crippen LogP contribution in [0.1, 0.15) is 26.2 Å². The van der Waals surface area contributed by atoms with Crippen molar-refractivity contribution < 1.29 is 5.11 Å². The molecule has 0 saturated heterocycles. The summed E-state index contributed by atoms with van der Waals surface area (Å²) >= 11 is 0. The minimum atomic E-state index is 1.00. The van der Waals surface area contributed by atoms with Gasteiger partial charge in [0, 0.05) is 7.11 Å². The third-order valence-corrected chi connectivity index (χ3v) is 1.39. The molecular weight excluding hydrogens is 88.1 g/mol. The van der Waals surface area contributed by atoms with Crippen molar-refractivity contribution in [3.8, 4) is 0 Å². The van der Waals surface area contributed by atoms with Crippen molar-refractivity contribution in [2.45, 2.75) is 26.2 Å². The lowest BCUT2D eigenvalue weighted by atomic mass is 9.88. The van der Waals surface area contributed by atoms with Gasteiger partial charge < -0.3 is 5.11 Å². The number of rotatable bonds is 0. The summed E-state index contributed by atoms with van der Waals surface area (Å²) in [4.78, 5) is 0. The highest BCUT2D eigenvalue weighted by molar-refractivity contribution is 4.62. The van der Waals surface area contributed by atoms with E-state index in [4.69, 9.17) is 5.11 Å². The zero-order chi connectivity index (χ0) is 5.70. The van der Waals surface area contributed by atoms with Crippen molar-refractivity contribution in [3.05, 3.63) is 0 Å². The zero-order valence-corrected chi connectivity index (χ0v) is 5.15. The molecule has 0 aromatic rings. The second-order valence-corrected chi connectivity index (χ2v) is 2.04. The largest absolute Gasteiger partial charge is 0.400 e. The molecule has 0 radical (unpaired) electrons. The van der Waals surface area contributed by atoms with Gasteiger partial charge in [-0.1, -0.05) is 26.2 Å². The number of aliphatic hydroxyl groups excluding tert-OH is 1. The molecule has 1 N–H and O–H groups in total. The predicted molar refractivity (Wildman–Crippen MR) is 31.2 cm³/mol. The Balaban J connectivity index is 0.000000162. The molecule has 1 heteroatoms. The second-order valence-electron chi connectivity index (χ2n) is 2.04. The molecule has 0 aromatic carbocycles. The first kappa shape index (κ1) is 6.96. The van der Waals surface area contributed by atoms with Gasteiger partial charge in [0.05, 0.1) is 0 Å². The summed E-state index contributed by atoms with van der Waals surface area (Å²) in [7, 11) is 1.00. The normalized spacial score (nSPS) is 19.3. The van der Waals surface area contributed by atoms with Crippen LogP contribution >= 0.6 is 0 Å². The van der Waals surface area contributed by atoms with Gasteiger partial charge in [0.15, 0.2) is 0 Å². The maximum absolute atomic E-state index is 7.00. The van der Waals surface area contributed by atoms with Crippen LogP contribution in [-0.2, 0) is 0 Å². The van der Waals surface area contributed by atoms with Crippen molar-refractivity contribution in [2.75, 3.05) is 7.11 Å². The molecule has 0 atom stereocenters. The van der Waals surface area contributed by atoms with Crippen molar-refractivity contribution in [2.24, 2.45) is 5.92 Å². The zero-order valence-electron chi connectivity index (χ0n) is 5.15. The molecule has 1 fully saturated rings. The van der Waals surface area contributed by atoms with Crippen LogP contribution in [0.4, 0.5) is 0 Å². The predicted octanol–water partition coefficient (Wildman–Crippen LogP) is 1.41. The average Bonchev–Trinajstić information content (AvgIpc) is 1.68. The molecule has 0 bridgehead atoms. The van der Waals surface area contributed by atoms with Crippen LogP contribution < -0.4 is 0 Å². The Bertz CT molecular complexity index is 31.2. The van der Waals surface area contributed by atoms with E-state index in [1.54, 1.807) is 0 Å². The Labute approximate surface area is 45.4 Å².